The van der Waals surface area contributed by atoms with Gasteiger partial charge in [0.1, 0.15) is 11.6 Å². The molecule has 0 saturated carbocycles. The highest BCUT2D eigenvalue weighted by Gasteiger charge is 2.13. The molecule has 0 atom stereocenters. The van der Waals surface area contributed by atoms with Crippen molar-refractivity contribution in [2.75, 3.05) is 11.9 Å². The minimum absolute atomic E-state index is 0.164. The molecule has 0 radical (unpaired) electrons. The van der Waals surface area contributed by atoms with Crippen LogP contribution in [0.5, 0.6) is 5.75 Å². The highest BCUT2D eigenvalue weighted by molar-refractivity contribution is 7.15. The predicted molar refractivity (Wildman–Crippen MR) is 108 cm³/mol. The van der Waals surface area contributed by atoms with Crippen LogP contribution in [-0.2, 0) is 11.2 Å². The summed E-state index contributed by atoms with van der Waals surface area (Å²) in [5, 5.41) is 4.71. The molecule has 0 saturated heterocycles. The average molecular weight is 395 g/mol. The van der Waals surface area contributed by atoms with Crippen molar-refractivity contribution in [3.05, 3.63) is 71.6 Å². The summed E-state index contributed by atoms with van der Waals surface area (Å²) in [6, 6.07) is 13.5. The maximum absolute atomic E-state index is 13.0. The van der Waals surface area contributed by atoms with Crippen LogP contribution in [0.25, 0.3) is 16.2 Å². The van der Waals surface area contributed by atoms with E-state index < -0.39 is 0 Å². The first kappa shape index (κ1) is 18.2. The van der Waals surface area contributed by atoms with E-state index in [0.717, 1.165) is 27.7 Å². The molecule has 1 amide bonds. The fourth-order valence-corrected chi connectivity index (χ4v) is 3.76. The van der Waals surface area contributed by atoms with Gasteiger partial charge in [-0.25, -0.2) is 9.37 Å². The van der Waals surface area contributed by atoms with Crippen molar-refractivity contribution in [2.24, 2.45) is 0 Å². The molecule has 0 bridgehead atoms. The quantitative estimate of drug-likeness (QED) is 0.511. The second-order valence-corrected chi connectivity index (χ2v) is 7.03. The molecule has 4 aromatic rings. The van der Waals surface area contributed by atoms with Gasteiger partial charge in [0.25, 0.3) is 0 Å². The Kier molecular flexibility index (Phi) is 5.08. The topological polar surface area (TPSA) is 55.6 Å². The molecule has 5 nitrogen and oxygen atoms in total. The summed E-state index contributed by atoms with van der Waals surface area (Å²) in [7, 11) is 0. The zero-order valence-electron chi connectivity index (χ0n) is 15.2. The third-order valence-electron chi connectivity index (χ3n) is 4.21. The van der Waals surface area contributed by atoms with Gasteiger partial charge < -0.3 is 10.1 Å². The normalized spacial score (nSPS) is 10.9. The molecule has 142 valence electrons. The number of benzene rings is 2. The summed E-state index contributed by atoms with van der Waals surface area (Å²) >= 11 is 1.49. The van der Waals surface area contributed by atoms with Crippen LogP contribution in [0.1, 0.15) is 12.6 Å². The van der Waals surface area contributed by atoms with Gasteiger partial charge >= 0.3 is 0 Å². The number of nitrogens with zero attached hydrogens (tertiary/aromatic N) is 2. The zero-order valence-corrected chi connectivity index (χ0v) is 16.0. The molecule has 1 N–H and O–H groups in total. The van der Waals surface area contributed by atoms with Crippen LogP contribution in [0.2, 0.25) is 0 Å². The van der Waals surface area contributed by atoms with Gasteiger partial charge in [-0.05, 0) is 55.5 Å². The lowest BCUT2D eigenvalue weighted by Gasteiger charge is -2.04. The number of imidazole rings is 1. The Balaban J connectivity index is 1.51. The van der Waals surface area contributed by atoms with Crippen LogP contribution >= 0.6 is 11.3 Å². The maximum atomic E-state index is 13.0. The van der Waals surface area contributed by atoms with Crippen molar-refractivity contribution in [2.45, 2.75) is 13.3 Å². The van der Waals surface area contributed by atoms with E-state index >= 15 is 0 Å². The van der Waals surface area contributed by atoms with Crippen LogP contribution in [0.4, 0.5) is 10.1 Å². The van der Waals surface area contributed by atoms with Gasteiger partial charge in [0, 0.05) is 28.5 Å². The van der Waals surface area contributed by atoms with Gasteiger partial charge in [-0.15, -0.1) is 11.3 Å². The van der Waals surface area contributed by atoms with Crippen molar-refractivity contribution in [1.82, 2.24) is 9.38 Å². The zero-order chi connectivity index (χ0) is 19.5. The number of carbonyl (C=O) groups is 1. The van der Waals surface area contributed by atoms with Gasteiger partial charge in [0.05, 0.1) is 18.7 Å². The minimum Gasteiger partial charge on any atom is -0.494 e. The average Bonchev–Trinajstić information content (AvgIpc) is 3.27. The van der Waals surface area contributed by atoms with Crippen LogP contribution in [0, 0.1) is 5.82 Å². The lowest BCUT2D eigenvalue weighted by atomic mass is 10.1. The van der Waals surface area contributed by atoms with E-state index in [-0.39, 0.29) is 18.1 Å². The lowest BCUT2D eigenvalue weighted by molar-refractivity contribution is -0.115. The molecule has 28 heavy (non-hydrogen) atoms. The van der Waals surface area contributed by atoms with E-state index in [2.05, 4.69) is 10.3 Å². The number of hydrogen-bond acceptors (Lipinski definition) is 4. The molecule has 0 fully saturated rings. The van der Waals surface area contributed by atoms with Crippen molar-refractivity contribution in [3.63, 3.8) is 0 Å². The van der Waals surface area contributed by atoms with Crippen LogP contribution in [-0.4, -0.2) is 21.9 Å². The van der Waals surface area contributed by atoms with Crippen molar-refractivity contribution in [3.8, 4) is 17.0 Å². The third-order valence-corrected chi connectivity index (χ3v) is 5.10. The Bertz CT molecular complexity index is 1100. The van der Waals surface area contributed by atoms with Gasteiger partial charge in [0.15, 0.2) is 4.96 Å². The summed E-state index contributed by atoms with van der Waals surface area (Å²) < 4.78 is 20.4. The van der Waals surface area contributed by atoms with Crippen LogP contribution in [0.3, 0.4) is 0 Å². The molecular weight excluding hydrogens is 377 g/mol. The maximum Gasteiger partial charge on any atom is 0.230 e. The van der Waals surface area contributed by atoms with E-state index in [0.29, 0.717) is 12.3 Å². The molecule has 4 rings (SSSR count). The number of rotatable bonds is 6. The van der Waals surface area contributed by atoms with E-state index in [4.69, 9.17) is 4.74 Å². The van der Waals surface area contributed by atoms with E-state index in [1.807, 2.05) is 47.2 Å². The standard InChI is InChI=1S/C21H18FN3O2S/c1-2-27-18-9-3-14(4-10-18)19-12-25-17(13-28-21(25)24-19)11-20(26)23-16-7-5-15(22)6-8-16/h3-10,12-13H,2,11H2,1H3,(H,23,26). The Morgan fingerprint density at radius 1 is 1.18 bits per heavy atom. The van der Waals surface area contributed by atoms with Gasteiger partial charge in [-0.2, -0.15) is 0 Å². The fourth-order valence-electron chi connectivity index (χ4n) is 2.89. The molecule has 2 aromatic carbocycles. The highest BCUT2D eigenvalue weighted by atomic mass is 32.1. The lowest BCUT2D eigenvalue weighted by Crippen LogP contribution is -2.15. The first-order valence-electron chi connectivity index (χ1n) is 8.86. The molecule has 2 aromatic heterocycles. The number of aromatic nitrogens is 2. The number of nitrogens with one attached hydrogen (secondary N) is 1. The Hall–Kier alpha value is -3.19. The first-order chi connectivity index (χ1) is 13.6. The van der Waals surface area contributed by atoms with Gasteiger partial charge in [0.2, 0.25) is 5.91 Å². The Labute approximate surface area is 165 Å². The number of hydrogen-bond donors (Lipinski definition) is 1. The van der Waals surface area contributed by atoms with E-state index in [9.17, 15) is 9.18 Å². The van der Waals surface area contributed by atoms with Crippen molar-refractivity contribution >= 4 is 27.9 Å². The summed E-state index contributed by atoms with van der Waals surface area (Å²) in [5.41, 5.74) is 3.25. The number of carbonyl (C=O) groups excluding carboxylic acids is 1. The number of halogens is 1. The molecule has 0 aliphatic carbocycles. The second-order valence-electron chi connectivity index (χ2n) is 6.19. The molecule has 0 aliphatic heterocycles. The fraction of sp³-hybridized carbons (Fsp3) is 0.143. The summed E-state index contributed by atoms with van der Waals surface area (Å²) in [4.78, 5) is 17.8. The smallest absolute Gasteiger partial charge is 0.230 e. The third kappa shape index (κ3) is 3.89. The number of ether oxygens (including phenoxy) is 1. The molecular formula is C21H18FN3O2S. The first-order valence-corrected chi connectivity index (χ1v) is 9.74. The van der Waals surface area contributed by atoms with Gasteiger partial charge in [-0.1, -0.05) is 0 Å². The summed E-state index contributed by atoms with van der Waals surface area (Å²) in [5.74, 6) is 0.325. The number of thiazole rings is 1. The number of anilines is 1. The van der Waals surface area contributed by atoms with E-state index in [1.165, 1.54) is 35.6 Å². The Morgan fingerprint density at radius 3 is 2.64 bits per heavy atom. The van der Waals surface area contributed by atoms with Crippen LogP contribution < -0.4 is 10.1 Å². The predicted octanol–water partition coefficient (Wildman–Crippen LogP) is 4.78. The molecule has 0 aliphatic rings. The Morgan fingerprint density at radius 2 is 1.93 bits per heavy atom. The molecule has 2 heterocycles. The number of amides is 1. The van der Waals surface area contributed by atoms with Crippen molar-refractivity contribution in [1.29, 1.82) is 0 Å². The SMILES string of the molecule is CCOc1ccc(-c2cn3c(CC(=O)Nc4ccc(F)cc4)csc3n2)cc1. The van der Waals surface area contributed by atoms with Crippen molar-refractivity contribution < 1.29 is 13.9 Å². The molecule has 7 heteroatoms. The minimum atomic E-state index is -0.335. The number of fused-ring (bicyclic) bond motifs is 1. The second kappa shape index (κ2) is 7.82. The van der Waals surface area contributed by atoms with E-state index in [1.54, 1.807) is 0 Å². The van der Waals surface area contributed by atoms with Gasteiger partial charge in [-0.3, -0.25) is 9.20 Å². The summed E-state index contributed by atoms with van der Waals surface area (Å²) in [6.45, 7) is 2.58. The molecule has 0 spiro atoms. The largest absolute Gasteiger partial charge is 0.494 e. The summed E-state index contributed by atoms with van der Waals surface area (Å²) in [6.07, 6.45) is 2.14. The molecule has 0 unspecified atom stereocenters. The monoisotopic (exact) mass is 395 g/mol. The highest BCUT2D eigenvalue weighted by Crippen LogP contribution is 2.25. The van der Waals surface area contributed by atoms with Crippen LogP contribution in [0.15, 0.2) is 60.1 Å².